The van der Waals surface area contributed by atoms with Crippen molar-refractivity contribution in [2.24, 2.45) is 0 Å². The summed E-state index contributed by atoms with van der Waals surface area (Å²) in [5, 5.41) is 5.70. The molecule has 2 amide bonds. The first kappa shape index (κ1) is 39.1. The third-order valence-electron chi connectivity index (χ3n) is 12.2. The average Bonchev–Trinajstić information content (AvgIpc) is 3.71. The van der Waals surface area contributed by atoms with Crippen molar-refractivity contribution in [1.29, 1.82) is 0 Å². The predicted molar refractivity (Wildman–Crippen MR) is 216 cm³/mol. The topological polar surface area (TPSA) is 167 Å². The van der Waals surface area contributed by atoms with Gasteiger partial charge in [-0.3, -0.25) is 4.79 Å². The van der Waals surface area contributed by atoms with E-state index in [1.54, 1.807) is 7.11 Å². The average molecular weight is 821 g/mol. The number of alkyl carbamates (subject to hydrolysis) is 1. The fraction of sp³-hybridized carbons (Fsp3) is 0.409. The summed E-state index contributed by atoms with van der Waals surface area (Å²) in [6.07, 6.45) is 9.36. The van der Waals surface area contributed by atoms with Gasteiger partial charge in [0, 0.05) is 66.0 Å². The molecule has 1 spiro atoms. The second-order valence-electron chi connectivity index (χ2n) is 16.1. The molecule has 312 valence electrons. The number of allylic oxidation sites excluding steroid dienone is 2. The van der Waals surface area contributed by atoms with Crippen LogP contribution < -0.4 is 15.4 Å². The number of imidazole rings is 2. The number of aromatic nitrogens is 4. The Labute approximate surface area is 345 Å². The molecular weight excluding hydrogens is 775 g/mol. The number of hydrogen-bond acceptors (Lipinski definition) is 10. The zero-order chi connectivity index (χ0) is 41.6. The van der Waals surface area contributed by atoms with Gasteiger partial charge in [-0.15, -0.1) is 0 Å². The van der Waals surface area contributed by atoms with E-state index in [0.29, 0.717) is 64.8 Å². The van der Waals surface area contributed by atoms with Crippen molar-refractivity contribution in [3.8, 4) is 28.3 Å². The summed E-state index contributed by atoms with van der Waals surface area (Å²) >= 11 is 0. The van der Waals surface area contributed by atoms with E-state index in [1.807, 2.05) is 76.7 Å². The van der Waals surface area contributed by atoms with Gasteiger partial charge in [-0.25, -0.2) is 28.3 Å². The Balaban J connectivity index is 0.905. The lowest BCUT2D eigenvalue weighted by Crippen LogP contribution is -2.49. The molecule has 14 nitrogen and oxygen atoms in total. The molecule has 9 rings (SSSR count). The van der Waals surface area contributed by atoms with Crippen LogP contribution in [0.4, 0.5) is 13.6 Å². The van der Waals surface area contributed by atoms with Crippen LogP contribution in [0.5, 0.6) is 5.75 Å². The summed E-state index contributed by atoms with van der Waals surface area (Å²) in [6.45, 7) is 1.39. The van der Waals surface area contributed by atoms with Gasteiger partial charge in [-0.2, -0.15) is 0 Å². The number of carbonyl (C=O) groups excluding carboxylic acids is 3. The molecule has 2 aromatic heterocycles. The molecule has 16 heteroatoms. The summed E-state index contributed by atoms with van der Waals surface area (Å²) in [7, 11) is 2.87. The number of hydrogen-bond donors (Lipinski definition) is 4. The number of benzene rings is 2. The number of likely N-dealkylation sites (tertiary alicyclic amines) is 2. The van der Waals surface area contributed by atoms with Gasteiger partial charge in [0.2, 0.25) is 5.91 Å². The Hall–Kier alpha value is -6.41. The van der Waals surface area contributed by atoms with E-state index >= 15 is 0 Å². The van der Waals surface area contributed by atoms with E-state index in [2.05, 4.69) is 25.3 Å². The molecule has 4 aromatic rings. The van der Waals surface area contributed by atoms with Gasteiger partial charge in [0.15, 0.2) is 5.88 Å². The molecule has 2 saturated heterocycles. The third kappa shape index (κ3) is 7.51. The number of methoxy groups -OCH3 is 2. The van der Waals surface area contributed by atoms with Crippen LogP contribution in [0.3, 0.4) is 0 Å². The Bertz CT molecular complexity index is 2420. The number of H-pyrrole nitrogens is 2. The minimum Gasteiger partial charge on any atom is -0.483 e. The summed E-state index contributed by atoms with van der Waals surface area (Å²) in [5.41, 5.74) is 4.98. The molecule has 60 heavy (non-hydrogen) atoms. The maximum absolute atomic E-state index is 14.8. The Morgan fingerprint density at radius 3 is 2.13 bits per heavy atom. The van der Waals surface area contributed by atoms with Gasteiger partial charge >= 0.3 is 6.09 Å². The largest absolute Gasteiger partial charge is 0.483 e. The van der Waals surface area contributed by atoms with E-state index < -0.39 is 17.4 Å². The number of aromatic amines is 2. The van der Waals surface area contributed by atoms with Crippen LogP contribution in [-0.4, -0.2) is 94.0 Å². The second kappa shape index (κ2) is 15.6. The molecular formula is C44H46F2N8O6. The Morgan fingerprint density at radius 2 is 1.50 bits per heavy atom. The van der Waals surface area contributed by atoms with Gasteiger partial charge in [0.25, 0.3) is 5.92 Å². The summed E-state index contributed by atoms with van der Waals surface area (Å²) < 4.78 is 46.1. The zero-order valence-electron chi connectivity index (χ0n) is 33.4. The molecule has 0 bridgehead atoms. The number of nitrogens with zero attached hydrogens (tertiary/aromatic N) is 4. The quantitative estimate of drug-likeness (QED) is 0.0895. The van der Waals surface area contributed by atoms with Crippen molar-refractivity contribution < 1.29 is 37.4 Å². The first-order valence-corrected chi connectivity index (χ1v) is 20.3. The van der Waals surface area contributed by atoms with E-state index in [-0.39, 0.29) is 43.9 Å². The SMILES string of the molecule is COC(=O)NCC(=C=O)N1CCC[C@H]1c1nc(-c2ccc(C3=CC4(CC(F)(F)C4)c4cc(-c5c[nH]c([C@@H]6CCCN6C(=O)CNC(OC)=C6CC6)n5)ccc4O3)cc2)c[nH]1. The first-order chi connectivity index (χ1) is 29.1. The Kier molecular flexibility index (Phi) is 10.2. The number of fused-ring (bicyclic) bond motifs is 2. The van der Waals surface area contributed by atoms with Crippen LogP contribution in [0.1, 0.15) is 86.2 Å². The van der Waals surface area contributed by atoms with E-state index in [1.165, 1.54) is 12.7 Å². The molecule has 4 fully saturated rings. The summed E-state index contributed by atoms with van der Waals surface area (Å²) in [4.78, 5) is 56.7. The normalized spacial score (nSPS) is 20.7. The number of halogens is 2. The fourth-order valence-electron chi connectivity index (χ4n) is 9.10. The van der Waals surface area contributed by atoms with Crippen molar-refractivity contribution in [3.05, 3.63) is 101 Å². The maximum Gasteiger partial charge on any atom is 0.407 e. The summed E-state index contributed by atoms with van der Waals surface area (Å²) in [6, 6.07) is 12.8. The van der Waals surface area contributed by atoms with Crippen LogP contribution in [0.2, 0.25) is 0 Å². The number of nitrogens with one attached hydrogen (secondary N) is 4. The molecule has 2 aromatic carbocycles. The lowest BCUT2D eigenvalue weighted by atomic mass is 9.60. The number of ether oxygens (including phenoxy) is 3. The highest BCUT2D eigenvalue weighted by Crippen LogP contribution is 2.59. The van der Waals surface area contributed by atoms with Gasteiger partial charge in [0.05, 0.1) is 50.8 Å². The smallest absolute Gasteiger partial charge is 0.407 e. The first-order valence-electron chi connectivity index (χ1n) is 20.3. The second-order valence-corrected chi connectivity index (χ2v) is 16.1. The van der Waals surface area contributed by atoms with Crippen molar-refractivity contribution >= 4 is 23.7 Å². The molecule has 2 aliphatic carbocycles. The summed E-state index contributed by atoms with van der Waals surface area (Å²) in [5.74, 6) is 2.21. The van der Waals surface area contributed by atoms with Crippen LogP contribution in [-0.2, 0) is 24.5 Å². The molecule has 5 aliphatic rings. The highest BCUT2D eigenvalue weighted by atomic mass is 19.3. The zero-order valence-corrected chi connectivity index (χ0v) is 33.4. The van der Waals surface area contributed by atoms with Gasteiger partial charge in [0.1, 0.15) is 34.8 Å². The fourth-order valence-corrected chi connectivity index (χ4v) is 9.10. The maximum atomic E-state index is 14.8. The minimum absolute atomic E-state index is 0.00690. The number of carbonyl (C=O) groups is 2. The molecule has 0 radical (unpaired) electrons. The van der Waals surface area contributed by atoms with Gasteiger partial charge in [-0.1, -0.05) is 24.3 Å². The van der Waals surface area contributed by atoms with Crippen molar-refractivity contribution in [2.75, 3.05) is 40.4 Å². The monoisotopic (exact) mass is 820 g/mol. The number of amides is 2. The molecule has 2 saturated carbocycles. The molecule has 4 N–H and O–H groups in total. The molecule has 3 aliphatic heterocycles. The van der Waals surface area contributed by atoms with Crippen molar-refractivity contribution in [1.82, 2.24) is 40.4 Å². The van der Waals surface area contributed by atoms with E-state index in [9.17, 15) is 23.2 Å². The van der Waals surface area contributed by atoms with E-state index in [0.717, 1.165) is 55.2 Å². The third-order valence-corrected chi connectivity index (χ3v) is 12.2. The molecule has 2 atom stereocenters. The van der Waals surface area contributed by atoms with Gasteiger partial charge < -0.3 is 44.6 Å². The van der Waals surface area contributed by atoms with Crippen LogP contribution in [0.25, 0.3) is 28.3 Å². The standard InChI is InChI=1S/C44H46F2N8O6/c1-58-41(28-11-12-28)49-22-38(56)54-16-4-6-35(54)40-48-21-33(52-40)29-13-14-36-31(17-29)43(24-44(45,46)25-43)18-37(60-36)27-9-7-26(8-10-27)32-20-47-39(51-32)34-5-3-15-53(34)30(23-55)19-50-42(57)59-2/h7-10,13-14,17-18,20-21,34-35,49H,3-6,11-12,15-16,19,22,24-25H2,1-2H3,(H,47,51)(H,48,52)(H,50,57)/t34-,35-/m0/s1. The number of alkyl halides is 2. The minimum atomic E-state index is -2.81. The van der Waals surface area contributed by atoms with Crippen LogP contribution >= 0.6 is 0 Å². The van der Waals surface area contributed by atoms with Crippen molar-refractivity contribution in [3.63, 3.8) is 0 Å². The molecule has 0 unspecified atom stereocenters. The highest BCUT2D eigenvalue weighted by molar-refractivity contribution is 5.79. The lowest BCUT2D eigenvalue weighted by molar-refractivity contribution is -0.131. The van der Waals surface area contributed by atoms with E-state index in [4.69, 9.17) is 19.4 Å². The predicted octanol–water partition coefficient (Wildman–Crippen LogP) is 6.68. The Morgan fingerprint density at radius 1 is 0.867 bits per heavy atom. The van der Waals surface area contributed by atoms with Crippen LogP contribution in [0.15, 0.2) is 78.1 Å². The van der Waals surface area contributed by atoms with Gasteiger partial charge in [-0.05, 0) is 68.4 Å². The molecule has 5 heterocycles. The number of rotatable bonds is 12. The van der Waals surface area contributed by atoms with Crippen molar-refractivity contribution in [2.45, 2.75) is 74.8 Å². The highest BCUT2D eigenvalue weighted by Gasteiger charge is 2.58. The lowest BCUT2D eigenvalue weighted by Gasteiger charge is -2.48. The van der Waals surface area contributed by atoms with Crippen LogP contribution in [0, 0.1) is 0 Å².